The van der Waals surface area contributed by atoms with Crippen molar-refractivity contribution in [2.24, 2.45) is 0 Å². The molecule has 1 aliphatic carbocycles. The SMILES string of the molecule is COCCNC(=O)c1c(NC(=O)COC(=O)c2cc(C)oc2C)sc2c1CCCC2. The molecule has 2 aromatic heterocycles. The number of aryl methyl sites for hydroxylation is 3. The molecule has 30 heavy (non-hydrogen) atoms. The summed E-state index contributed by atoms with van der Waals surface area (Å²) in [5.41, 5.74) is 1.80. The first-order valence-electron chi connectivity index (χ1n) is 9.86. The quantitative estimate of drug-likeness (QED) is 0.489. The predicted molar refractivity (Wildman–Crippen MR) is 112 cm³/mol. The van der Waals surface area contributed by atoms with Gasteiger partial charge in [0.15, 0.2) is 6.61 Å². The molecule has 162 valence electrons. The van der Waals surface area contributed by atoms with Crippen molar-refractivity contribution in [3.05, 3.63) is 39.2 Å². The van der Waals surface area contributed by atoms with Crippen LogP contribution >= 0.6 is 11.3 Å². The fourth-order valence-electron chi connectivity index (χ4n) is 3.45. The van der Waals surface area contributed by atoms with Gasteiger partial charge in [0, 0.05) is 18.5 Å². The Hall–Kier alpha value is -2.65. The number of anilines is 1. The number of carbonyl (C=O) groups is 3. The Morgan fingerprint density at radius 2 is 1.97 bits per heavy atom. The summed E-state index contributed by atoms with van der Waals surface area (Å²) < 4.78 is 15.4. The van der Waals surface area contributed by atoms with Gasteiger partial charge < -0.3 is 24.5 Å². The number of hydrogen-bond acceptors (Lipinski definition) is 7. The lowest BCUT2D eigenvalue weighted by atomic mass is 9.95. The Morgan fingerprint density at radius 3 is 2.67 bits per heavy atom. The molecular formula is C21H26N2O6S. The monoisotopic (exact) mass is 434 g/mol. The van der Waals surface area contributed by atoms with Gasteiger partial charge in [-0.25, -0.2) is 4.79 Å². The first-order chi connectivity index (χ1) is 14.4. The minimum Gasteiger partial charge on any atom is -0.466 e. The minimum atomic E-state index is -0.623. The molecule has 8 nitrogen and oxygen atoms in total. The third-order valence-corrected chi connectivity index (χ3v) is 6.05. The maximum Gasteiger partial charge on any atom is 0.342 e. The highest BCUT2D eigenvalue weighted by atomic mass is 32.1. The molecular weight excluding hydrogens is 408 g/mol. The van der Waals surface area contributed by atoms with Crippen LogP contribution in [0.5, 0.6) is 0 Å². The number of fused-ring (bicyclic) bond motifs is 1. The summed E-state index contributed by atoms with van der Waals surface area (Å²) in [6, 6.07) is 1.57. The topological polar surface area (TPSA) is 107 Å². The average molecular weight is 435 g/mol. The fourth-order valence-corrected chi connectivity index (χ4v) is 4.76. The van der Waals surface area contributed by atoms with E-state index in [4.69, 9.17) is 13.9 Å². The van der Waals surface area contributed by atoms with Crippen LogP contribution in [0.4, 0.5) is 5.00 Å². The summed E-state index contributed by atoms with van der Waals surface area (Å²) in [7, 11) is 1.57. The minimum absolute atomic E-state index is 0.233. The maximum atomic E-state index is 12.7. The second-order valence-corrected chi connectivity index (χ2v) is 8.22. The number of hydrogen-bond donors (Lipinski definition) is 2. The van der Waals surface area contributed by atoms with E-state index in [0.717, 1.165) is 36.1 Å². The van der Waals surface area contributed by atoms with E-state index in [0.29, 0.717) is 40.8 Å². The van der Waals surface area contributed by atoms with E-state index in [-0.39, 0.29) is 5.91 Å². The molecule has 0 aliphatic heterocycles. The van der Waals surface area contributed by atoms with Crippen molar-refractivity contribution in [2.45, 2.75) is 39.5 Å². The number of amides is 2. The van der Waals surface area contributed by atoms with Gasteiger partial charge in [0.2, 0.25) is 0 Å². The van der Waals surface area contributed by atoms with Gasteiger partial charge in [0.25, 0.3) is 11.8 Å². The fraction of sp³-hybridized carbons (Fsp3) is 0.476. The number of methoxy groups -OCH3 is 1. The van der Waals surface area contributed by atoms with Crippen LogP contribution in [-0.4, -0.2) is 44.7 Å². The van der Waals surface area contributed by atoms with Crippen molar-refractivity contribution in [1.29, 1.82) is 0 Å². The molecule has 0 unspecified atom stereocenters. The van der Waals surface area contributed by atoms with Crippen LogP contribution in [-0.2, 0) is 27.1 Å². The van der Waals surface area contributed by atoms with E-state index in [1.807, 2.05) is 0 Å². The van der Waals surface area contributed by atoms with Crippen molar-refractivity contribution in [2.75, 3.05) is 32.2 Å². The van der Waals surface area contributed by atoms with Crippen molar-refractivity contribution >= 4 is 34.1 Å². The Kier molecular flexibility index (Phi) is 7.28. The molecule has 0 aromatic carbocycles. The van der Waals surface area contributed by atoms with E-state index in [1.54, 1.807) is 27.0 Å². The lowest BCUT2D eigenvalue weighted by Gasteiger charge is -2.13. The van der Waals surface area contributed by atoms with Crippen LogP contribution in [0.15, 0.2) is 10.5 Å². The Balaban J connectivity index is 1.68. The van der Waals surface area contributed by atoms with Crippen LogP contribution in [0.1, 0.15) is 55.5 Å². The van der Waals surface area contributed by atoms with Crippen molar-refractivity contribution in [3.63, 3.8) is 0 Å². The van der Waals surface area contributed by atoms with Crippen LogP contribution in [0.2, 0.25) is 0 Å². The third-order valence-electron chi connectivity index (χ3n) is 4.84. The summed E-state index contributed by atoms with van der Waals surface area (Å²) in [5.74, 6) is -0.312. The van der Waals surface area contributed by atoms with Crippen LogP contribution in [0, 0.1) is 13.8 Å². The second-order valence-electron chi connectivity index (χ2n) is 7.11. The highest BCUT2D eigenvalue weighted by Gasteiger charge is 2.26. The molecule has 2 amide bonds. The third kappa shape index (κ3) is 5.09. The Bertz CT molecular complexity index is 946. The number of ether oxygens (including phenoxy) is 2. The molecule has 3 rings (SSSR count). The summed E-state index contributed by atoms with van der Waals surface area (Å²) in [5, 5.41) is 6.07. The molecule has 2 N–H and O–H groups in total. The van der Waals surface area contributed by atoms with Crippen molar-refractivity contribution in [3.8, 4) is 0 Å². The summed E-state index contributed by atoms with van der Waals surface area (Å²) >= 11 is 1.41. The first kappa shape index (κ1) is 22.0. The molecule has 0 atom stereocenters. The normalized spacial score (nSPS) is 12.9. The molecule has 0 bridgehead atoms. The van der Waals surface area contributed by atoms with Gasteiger partial charge in [-0.05, 0) is 51.2 Å². The lowest BCUT2D eigenvalue weighted by molar-refractivity contribution is -0.119. The van der Waals surface area contributed by atoms with E-state index < -0.39 is 18.5 Å². The smallest absolute Gasteiger partial charge is 0.342 e. The van der Waals surface area contributed by atoms with E-state index in [9.17, 15) is 14.4 Å². The van der Waals surface area contributed by atoms with Crippen LogP contribution < -0.4 is 10.6 Å². The second kappa shape index (κ2) is 9.90. The molecule has 2 heterocycles. The molecule has 0 saturated carbocycles. The van der Waals surface area contributed by atoms with E-state index >= 15 is 0 Å². The van der Waals surface area contributed by atoms with Crippen LogP contribution in [0.25, 0.3) is 0 Å². The number of esters is 1. The molecule has 2 aromatic rings. The molecule has 0 spiro atoms. The van der Waals surface area contributed by atoms with Gasteiger partial charge in [-0.2, -0.15) is 0 Å². The van der Waals surface area contributed by atoms with Gasteiger partial charge in [-0.1, -0.05) is 0 Å². The largest absolute Gasteiger partial charge is 0.466 e. The predicted octanol–water partition coefficient (Wildman–Crippen LogP) is 3.01. The first-order valence-corrected chi connectivity index (χ1v) is 10.7. The maximum absolute atomic E-state index is 12.7. The standard InChI is InChI=1S/C21H26N2O6S/c1-12-10-15(13(2)29-12)21(26)28-11-17(24)23-20-18(19(25)22-8-9-27-3)14-6-4-5-7-16(14)30-20/h10H,4-9,11H2,1-3H3,(H,22,25)(H,23,24). The van der Waals surface area contributed by atoms with Gasteiger partial charge in [-0.15, -0.1) is 11.3 Å². The summed E-state index contributed by atoms with van der Waals surface area (Å²) in [6.07, 6.45) is 3.77. The number of rotatable bonds is 8. The summed E-state index contributed by atoms with van der Waals surface area (Å²) in [4.78, 5) is 38.5. The van der Waals surface area contributed by atoms with Gasteiger partial charge in [0.1, 0.15) is 22.1 Å². The number of thiophene rings is 1. The average Bonchev–Trinajstić information content (AvgIpc) is 3.24. The molecule has 0 radical (unpaired) electrons. The van der Waals surface area contributed by atoms with E-state index in [2.05, 4.69) is 10.6 Å². The van der Waals surface area contributed by atoms with Gasteiger partial charge in [-0.3, -0.25) is 9.59 Å². The zero-order valence-electron chi connectivity index (χ0n) is 17.4. The zero-order chi connectivity index (χ0) is 21.7. The highest BCUT2D eigenvalue weighted by molar-refractivity contribution is 7.17. The molecule has 1 aliphatic rings. The molecule has 0 saturated heterocycles. The Morgan fingerprint density at radius 1 is 1.20 bits per heavy atom. The highest BCUT2D eigenvalue weighted by Crippen LogP contribution is 2.38. The van der Waals surface area contributed by atoms with Crippen molar-refractivity contribution in [1.82, 2.24) is 5.32 Å². The Labute approximate surface area is 178 Å². The van der Waals surface area contributed by atoms with Gasteiger partial charge in [0.05, 0.1) is 12.2 Å². The van der Waals surface area contributed by atoms with Crippen LogP contribution in [0.3, 0.4) is 0 Å². The van der Waals surface area contributed by atoms with E-state index in [1.165, 1.54) is 11.3 Å². The molecule has 0 fully saturated rings. The number of carbonyl (C=O) groups excluding carboxylic acids is 3. The number of furan rings is 1. The lowest BCUT2D eigenvalue weighted by Crippen LogP contribution is -2.29. The van der Waals surface area contributed by atoms with Gasteiger partial charge >= 0.3 is 5.97 Å². The summed E-state index contributed by atoms with van der Waals surface area (Å²) in [6.45, 7) is 3.73. The molecule has 9 heteroatoms. The van der Waals surface area contributed by atoms with Crippen molar-refractivity contribution < 1.29 is 28.3 Å². The number of nitrogens with one attached hydrogen (secondary N) is 2. The zero-order valence-corrected chi connectivity index (χ0v) is 18.2.